The molecule has 0 amide bonds. The average molecular weight is 388 g/mol. The fraction of sp³-hybridized carbons (Fsp3) is 0.889. The van der Waals surface area contributed by atoms with Crippen molar-refractivity contribution >= 4 is 20.5 Å². The lowest BCUT2D eigenvalue weighted by molar-refractivity contribution is -0.163. The molecule has 0 aromatic rings. The van der Waals surface area contributed by atoms with E-state index in [1.54, 1.807) is 13.8 Å². The smallest absolute Gasteiger partial charge is 0.339 e. The van der Waals surface area contributed by atoms with E-state index in [9.17, 15) is 9.59 Å². The Balaban J connectivity index is 1.70. The molecule has 0 unspecified atom stereocenters. The molecule has 1 aliphatic heterocycles. The largest absolute Gasteiger partial charge is 0.464 e. The molecule has 7 nitrogen and oxygen atoms in total. The van der Waals surface area contributed by atoms with Crippen LogP contribution in [0.15, 0.2) is 0 Å². The molecule has 1 heterocycles. The van der Waals surface area contributed by atoms with Crippen molar-refractivity contribution in [3.63, 3.8) is 0 Å². The van der Waals surface area contributed by atoms with E-state index in [2.05, 4.69) is 20.8 Å². The molecule has 0 aromatic carbocycles. The van der Waals surface area contributed by atoms with E-state index in [0.717, 1.165) is 12.8 Å². The number of hydrogen-bond acceptors (Lipinski definition) is 7. The quantitative estimate of drug-likeness (QED) is 0.510. The summed E-state index contributed by atoms with van der Waals surface area (Å²) in [5, 5.41) is 0. The maximum atomic E-state index is 12.2. The van der Waals surface area contributed by atoms with Crippen LogP contribution in [-0.2, 0) is 32.6 Å². The molecular weight excluding hydrogens is 359 g/mol. The Morgan fingerprint density at radius 3 is 1.96 bits per heavy atom. The van der Waals surface area contributed by atoms with Crippen molar-refractivity contribution in [2.45, 2.75) is 72.2 Å². The number of esters is 2. The first-order valence-electron chi connectivity index (χ1n) is 9.38. The maximum absolute atomic E-state index is 12.2. The molecule has 3 aliphatic rings. The van der Waals surface area contributed by atoms with Gasteiger partial charge in [0, 0.05) is 0 Å². The fourth-order valence-corrected chi connectivity index (χ4v) is 5.99. The molecule has 2 saturated carbocycles. The van der Waals surface area contributed by atoms with Gasteiger partial charge in [0.15, 0.2) is 0 Å². The monoisotopic (exact) mass is 388 g/mol. The maximum Gasteiger partial charge on any atom is 0.339 e. The second-order valence-corrected chi connectivity index (χ2v) is 9.06. The zero-order valence-corrected chi connectivity index (χ0v) is 17.0. The highest BCUT2D eigenvalue weighted by Crippen LogP contribution is 2.68. The van der Waals surface area contributed by atoms with E-state index in [-0.39, 0.29) is 30.1 Å². The summed E-state index contributed by atoms with van der Waals surface area (Å²) < 4.78 is 27.6. The Kier molecular flexibility index (Phi) is 5.65. The van der Waals surface area contributed by atoms with E-state index in [1.165, 1.54) is 6.42 Å². The zero-order chi connectivity index (χ0) is 19.1. The molecule has 8 heteroatoms. The van der Waals surface area contributed by atoms with Crippen molar-refractivity contribution in [1.29, 1.82) is 0 Å². The molecular formula is C18H29O7P. The number of rotatable bonds is 6. The standard InChI is InChI=1S/C18H29O7P/c1-6-21-15(19)13-14(16(20)22-7-2)25-26(24-13)23-12-10-11-8-9-18(12,5)17(11,3)4/h11-14H,6-10H2,1-5H3/t11-,12+,13+,14+,18+/m0/s1. The summed E-state index contributed by atoms with van der Waals surface area (Å²) in [7, 11) is -1.81. The van der Waals surface area contributed by atoms with Crippen molar-refractivity contribution < 1.29 is 32.6 Å². The first kappa shape index (κ1) is 20.0. The number of carbonyl (C=O) groups excluding carboxylic acids is 2. The lowest BCUT2D eigenvalue weighted by Gasteiger charge is -2.39. The summed E-state index contributed by atoms with van der Waals surface area (Å²) in [6.07, 6.45) is 0.967. The minimum Gasteiger partial charge on any atom is -0.464 e. The number of carbonyl (C=O) groups is 2. The molecule has 1 saturated heterocycles. The average Bonchev–Trinajstić information content (AvgIpc) is 3.15. The van der Waals surface area contributed by atoms with Crippen LogP contribution in [0, 0.1) is 16.7 Å². The zero-order valence-electron chi connectivity index (χ0n) is 16.1. The van der Waals surface area contributed by atoms with E-state index >= 15 is 0 Å². The Bertz CT molecular complexity index is 540. The van der Waals surface area contributed by atoms with Gasteiger partial charge in [0.2, 0.25) is 12.2 Å². The van der Waals surface area contributed by atoms with Gasteiger partial charge in [0.25, 0.3) is 0 Å². The van der Waals surface area contributed by atoms with Crippen molar-refractivity contribution in [2.75, 3.05) is 13.2 Å². The van der Waals surface area contributed by atoms with Gasteiger partial charge in [-0.25, -0.2) is 9.59 Å². The Hall–Kier alpha value is -0.750. The van der Waals surface area contributed by atoms with Gasteiger partial charge in [0.05, 0.1) is 19.3 Å². The molecule has 3 rings (SSSR count). The minimum atomic E-state index is -1.81. The van der Waals surface area contributed by atoms with Crippen LogP contribution in [0.2, 0.25) is 0 Å². The first-order chi connectivity index (χ1) is 12.2. The number of fused-ring (bicyclic) bond motifs is 2. The van der Waals surface area contributed by atoms with E-state index in [4.69, 9.17) is 23.0 Å². The van der Waals surface area contributed by atoms with E-state index in [0.29, 0.717) is 5.92 Å². The number of ether oxygens (including phenoxy) is 2. The molecule has 2 aliphatic carbocycles. The Morgan fingerprint density at radius 1 is 1.04 bits per heavy atom. The summed E-state index contributed by atoms with van der Waals surface area (Å²) in [6.45, 7) is 10.6. The summed E-state index contributed by atoms with van der Waals surface area (Å²) in [6, 6.07) is 0. The topological polar surface area (TPSA) is 80.3 Å². The van der Waals surface area contributed by atoms with Crippen LogP contribution in [0.4, 0.5) is 0 Å². The summed E-state index contributed by atoms with van der Waals surface area (Å²) in [5.41, 5.74) is 0.224. The molecule has 26 heavy (non-hydrogen) atoms. The van der Waals surface area contributed by atoms with Gasteiger partial charge in [-0.05, 0) is 49.9 Å². The molecule has 0 radical (unpaired) electrons. The fourth-order valence-electron chi connectivity index (χ4n) is 4.55. The predicted molar refractivity (Wildman–Crippen MR) is 94.0 cm³/mol. The predicted octanol–water partition coefficient (Wildman–Crippen LogP) is 3.35. The minimum absolute atomic E-state index is 0.00819. The van der Waals surface area contributed by atoms with Crippen LogP contribution < -0.4 is 0 Å². The molecule has 5 atom stereocenters. The SMILES string of the molecule is CCOC(=O)[C@@H]1OP(O[C@@H]2C[C@@H]3CC[C@@]2(C)C3(C)C)O[C@H]1C(=O)OCC. The third kappa shape index (κ3) is 3.17. The highest BCUT2D eigenvalue weighted by Gasteiger charge is 2.63. The highest BCUT2D eigenvalue weighted by atomic mass is 31.2. The van der Waals surface area contributed by atoms with Crippen LogP contribution in [-0.4, -0.2) is 43.5 Å². The van der Waals surface area contributed by atoms with E-state index in [1.807, 2.05) is 0 Å². The summed E-state index contributed by atoms with van der Waals surface area (Å²) >= 11 is 0. The lowest BCUT2D eigenvalue weighted by atomic mass is 9.70. The van der Waals surface area contributed by atoms with Crippen LogP contribution >= 0.6 is 8.60 Å². The van der Waals surface area contributed by atoms with Crippen molar-refractivity contribution in [3.8, 4) is 0 Å². The summed E-state index contributed by atoms with van der Waals surface area (Å²) in [5.74, 6) is -0.644. The van der Waals surface area contributed by atoms with Gasteiger partial charge in [-0.3, -0.25) is 9.05 Å². The molecule has 0 aromatic heterocycles. The molecule has 148 valence electrons. The third-order valence-corrected chi connectivity index (χ3v) is 7.86. The molecule has 3 fully saturated rings. The van der Waals surface area contributed by atoms with Gasteiger partial charge in [-0.15, -0.1) is 0 Å². The molecule has 2 bridgehead atoms. The van der Waals surface area contributed by atoms with Crippen molar-refractivity contribution in [1.82, 2.24) is 0 Å². The van der Waals surface area contributed by atoms with Crippen LogP contribution in [0.1, 0.15) is 53.9 Å². The number of hydrogen-bond donors (Lipinski definition) is 0. The molecule has 0 spiro atoms. The first-order valence-corrected chi connectivity index (χ1v) is 10.5. The second-order valence-electron chi connectivity index (χ2n) is 7.98. The Labute approximate surface area is 156 Å². The van der Waals surface area contributed by atoms with Crippen molar-refractivity contribution in [2.24, 2.45) is 16.7 Å². The van der Waals surface area contributed by atoms with Crippen LogP contribution in [0.25, 0.3) is 0 Å². The van der Waals surface area contributed by atoms with E-state index < -0.39 is 32.7 Å². The highest BCUT2D eigenvalue weighted by molar-refractivity contribution is 7.42. The molecule has 0 N–H and O–H groups in total. The third-order valence-electron chi connectivity index (χ3n) is 6.64. The normalized spacial score (nSPS) is 38.5. The van der Waals surface area contributed by atoms with Gasteiger partial charge >= 0.3 is 20.5 Å². The van der Waals surface area contributed by atoms with Gasteiger partial charge in [0.1, 0.15) is 0 Å². The second kappa shape index (κ2) is 7.34. The van der Waals surface area contributed by atoms with Crippen molar-refractivity contribution in [3.05, 3.63) is 0 Å². The van der Waals surface area contributed by atoms with Gasteiger partial charge < -0.3 is 14.0 Å². The Morgan fingerprint density at radius 2 is 1.58 bits per heavy atom. The van der Waals surface area contributed by atoms with Crippen LogP contribution in [0.3, 0.4) is 0 Å². The summed E-state index contributed by atoms with van der Waals surface area (Å²) in [4.78, 5) is 24.3. The van der Waals surface area contributed by atoms with Gasteiger partial charge in [-0.2, -0.15) is 0 Å². The lowest BCUT2D eigenvalue weighted by Crippen LogP contribution is -2.39. The van der Waals surface area contributed by atoms with Gasteiger partial charge in [-0.1, -0.05) is 20.8 Å². The van der Waals surface area contributed by atoms with Crippen LogP contribution in [0.5, 0.6) is 0 Å².